The molecule has 0 amide bonds. The second-order valence-corrected chi connectivity index (χ2v) is 1.92. The van der Waals surface area contributed by atoms with Crippen LogP contribution in [0, 0.1) is 0 Å². The van der Waals surface area contributed by atoms with E-state index in [1.54, 1.807) is 0 Å². The minimum absolute atomic E-state index is 0. The van der Waals surface area contributed by atoms with Gasteiger partial charge in [-0.3, -0.25) is 0 Å². The third-order valence-corrected chi connectivity index (χ3v) is 1.11. The van der Waals surface area contributed by atoms with Crippen LogP contribution in [0.3, 0.4) is 0 Å². The summed E-state index contributed by atoms with van der Waals surface area (Å²) in [6.45, 7) is 0. The smallest absolute Gasteiger partial charge is 1.00 e. The Kier molecular flexibility index (Phi) is 13.8. The quantitative estimate of drug-likeness (QED) is 0.421. The Morgan fingerprint density at radius 2 is 1.08 bits per heavy atom. The molecular weight excluding hydrogens is 199 g/mol. The molecule has 66 valence electrons. The third-order valence-electron chi connectivity index (χ3n) is 1.11. The fourth-order valence-corrected chi connectivity index (χ4v) is 0.642. The molecule has 0 nitrogen and oxygen atoms in total. The van der Waals surface area contributed by atoms with Gasteiger partial charge in [-0.05, 0) is 0 Å². The van der Waals surface area contributed by atoms with Crippen LogP contribution in [0.2, 0.25) is 0 Å². The standard InChI is InChI=1S/2C5H5.Fe.Na.H/c2*1-2-4-5-3-1;;;/h2*1-5H;;;/q-5;-1;;+1;-1. The van der Waals surface area contributed by atoms with Gasteiger partial charge in [-0.25, -0.2) is 12.1 Å². The molecule has 0 spiro atoms. The summed E-state index contributed by atoms with van der Waals surface area (Å²) in [5.41, 5.74) is 0. The van der Waals surface area contributed by atoms with E-state index in [1.807, 2.05) is 60.7 Å². The van der Waals surface area contributed by atoms with Crippen LogP contribution in [-0.4, -0.2) is 0 Å². The first-order valence-electron chi connectivity index (χ1n) is 3.33. The molecule has 12 heavy (non-hydrogen) atoms. The minimum atomic E-state index is 0. The predicted octanol–water partition coefficient (Wildman–Crippen LogP) is -0.0750. The summed E-state index contributed by atoms with van der Waals surface area (Å²) in [6.07, 6.45) is 0. The Bertz CT molecular complexity index is 154. The second kappa shape index (κ2) is 11.2. The molecular formula is C10H11FeNa-6. The van der Waals surface area contributed by atoms with Gasteiger partial charge in [-0.15, -0.1) is 0 Å². The Labute approximate surface area is 108 Å². The average Bonchev–Trinajstić information content (AvgIpc) is 2.67. The van der Waals surface area contributed by atoms with E-state index >= 15 is 0 Å². The van der Waals surface area contributed by atoms with Crippen molar-refractivity contribution in [2.45, 2.75) is 0 Å². The Balaban J connectivity index is -0.000000125. The molecule has 0 radical (unpaired) electrons. The van der Waals surface area contributed by atoms with Gasteiger partial charge in [0.05, 0.1) is 0 Å². The molecule has 0 aliphatic rings. The van der Waals surface area contributed by atoms with Crippen LogP contribution in [0.1, 0.15) is 1.43 Å². The third kappa shape index (κ3) is 8.32. The van der Waals surface area contributed by atoms with Crippen molar-refractivity contribution in [3.63, 3.8) is 0 Å². The van der Waals surface area contributed by atoms with E-state index in [0.29, 0.717) is 0 Å². The molecule has 0 heterocycles. The maximum atomic E-state index is 2.00. The van der Waals surface area contributed by atoms with Gasteiger partial charge in [-0.1, -0.05) is 0 Å². The fourth-order valence-electron chi connectivity index (χ4n) is 0.642. The maximum absolute atomic E-state index is 2.00. The molecule has 0 fully saturated rings. The Morgan fingerprint density at radius 3 is 1.25 bits per heavy atom. The summed E-state index contributed by atoms with van der Waals surface area (Å²) in [5.74, 6) is 0. The van der Waals surface area contributed by atoms with Gasteiger partial charge < -0.3 is 31.8 Å². The van der Waals surface area contributed by atoms with Crippen molar-refractivity contribution in [1.29, 1.82) is 0 Å². The molecule has 0 aromatic heterocycles. The van der Waals surface area contributed by atoms with Crippen molar-refractivity contribution in [2.24, 2.45) is 0 Å². The van der Waals surface area contributed by atoms with Crippen LogP contribution in [-0.2, 0) is 17.1 Å². The molecule has 0 bridgehead atoms. The molecule has 2 aromatic carbocycles. The van der Waals surface area contributed by atoms with E-state index in [0.717, 1.165) is 0 Å². The van der Waals surface area contributed by atoms with E-state index in [-0.39, 0.29) is 48.1 Å². The monoisotopic (exact) mass is 210 g/mol. The van der Waals surface area contributed by atoms with Crippen molar-refractivity contribution in [1.82, 2.24) is 0 Å². The van der Waals surface area contributed by atoms with Crippen molar-refractivity contribution in [2.75, 3.05) is 0 Å². The summed E-state index contributed by atoms with van der Waals surface area (Å²) < 4.78 is 0. The van der Waals surface area contributed by atoms with E-state index in [2.05, 4.69) is 0 Å². The molecule has 0 N–H and O–H groups in total. The molecule has 2 rings (SSSR count). The molecule has 0 saturated heterocycles. The van der Waals surface area contributed by atoms with E-state index < -0.39 is 0 Å². The first-order valence-corrected chi connectivity index (χ1v) is 3.33. The zero-order valence-electron chi connectivity index (χ0n) is 8.13. The Hall–Kier alpha value is 0.219. The van der Waals surface area contributed by atoms with Crippen molar-refractivity contribution >= 4 is 0 Å². The molecule has 0 aliphatic carbocycles. The van der Waals surface area contributed by atoms with Gasteiger partial charge in [0.25, 0.3) is 0 Å². The minimum Gasteiger partial charge on any atom is -1.00 e. The number of hydrogen-bond acceptors (Lipinski definition) is 0. The topological polar surface area (TPSA) is 0 Å². The molecule has 0 unspecified atom stereocenters. The van der Waals surface area contributed by atoms with Crippen LogP contribution < -0.4 is 29.6 Å². The molecule has 0 atom stereocenters. The molecule has 0 saturated carbocycles. The predicted molar refractivity (Wildman–Crippen MR) is 45.2 cm³/mol. The summed E-state index contributed by atoms with van der Waals surface area (Å²) in [5, 5.41) is 0. The van der Waals surface area contributed by atoms with Crippen molar-refractivity contribution < 1.29 is 48.1 Å². The summed E-state index contributed by atoms with van der Waals surface area (Å²) in [7, 11) is 0. The van der Waals surface area contributed by atoms with Crippen LogP contribution >= 0.6 is 0 Å². The largest absolute Gasteiger partial charge is 1.00 e. The molecule has 0 aliphatic heterocycles. The molecule has 2 aromatic rings. The van der Waals surface area contributed by atoms with E-state index in [1.165, 1.54) is 0 Å². The average molecular weight is 210 g/mol. The van der Waals surface area contributed by atoms with Crippen molar-refractivity contribution in [3.8, 4) is 0 Å². The second-order valence-electron chi connectivity index (χ2n) is 1.92. The Morgan fingerprint density at radius 1 is 0.750 bits per heavy atom. The first kappa shape index (κ1) is 14.7. The maximum Gasteiger partial charge on any atom is 1.00 e. The van der Waals surface area contributed by atoms with Gasteiger partial charge in [0.1, 0.15) is 0 Å². The zero-order valence-corrected chi connectivity index (χ0v) is 10.2. The first-order chi connectivity index (χ1) is 5.00. The van der Waals surface area contributed by atoms with Crippen molar-refractivity contribution in [3.05, 3.63) is 60.7 Å². The van der Waals surface area contributed by atoms with Gasteiger partial charge in [-0.2, -0.15) is 18.2 Å². The number of rotatable bonds is 0. The van der Waals surface area contributed by atoms with Gasteiger partial charge >= 0.3 is 29.6 Å². The molecule has 2 heteroatoms. The van der Waals surface area contributed by atoms with Gasteiger partial charge in [0, 0.05) is 17.1 Å². The zero-order chi connectivity index (χ0) is 7.07. The number of hydrogen-bond donors (Lipinski definition) is 0. The van der Waals surface area contributed by atoms with Gasteiger partial charge in [0.15, 0.2) is 0 Å². The summed E-state index contributed by atoms with van der Waals surface area (Å²) in [4.78, 5) is 0. The summed E-state index contributed by atoms with van der Waals surface area (Å²) in [6, 6.07) is 20.0. The van der Waals surface area contributed by atoms with Crippen LogP contribution in [0.15, 0.2) is 60.7 Å². The van der Waals surface area contributed by atoms with Crippen LogP contribution in [0.5, 0.6) is 0 Å². The SMILES string of the molecule is [Fe].[H-].[Na+].[cH-]1[cH-][cH-][cH-][cH-]1.c1cc[cH-]c1. The van der Waals surface area contributed by atoms with Crippen LogP contribution in [0.25, 0.3) is 0 Å². The normalized spacial score (nSPS) is 6.67. The fraction of sp³-hybridized carbons (Fsp3) is 0. The van der Waals surface area contributed by atoms with E-state index in [4.69, 9.17) is 0 Å². The van der Waals surface area contributed by atoms with Crippen LogP contribution in [0.4, 0.5) is 0 Å². The summed E-state index contributed by atoms with van der Waals surface area (Å²) >= 11 is 0. The van der Waals surface area contributed by atoms with Gasteiger partial charge in [0.2, 0.25) is 0 Å². The van der Waals surface area contributed by atoms with E-state index in [9.17, 15) is 0 Å².